The Morgan fingerprint density at radius 1 is 1.16 bits per heavy atom. The first-order valence-electron chi connectivity index (χ1n) is 7.49. The summed E-state index contributed by atoms with van der Waals surface area (Å²) in [6, 6.07) is 15.9. The summed E-state index contributed by atoms with van der Waals surface area (Å²) in [5.41, 5.74) is 1.44. The molecule has 7 nitrogen and oxygen atoms in total. The lowest BCUT2D eigenvalue weighted by Crippen LogP contribution is -2.26. The number of nitrogens with zero attached hydrogens (tertiary/aromatic N) is 3. The number of hydrogen-bond donors (Lipinski definition) is 1. The number of hydrogen-bond acceptors (Lipinski definition) is 6. The molecule has 1 aliphatic heterocycles. The zero-order valence-electron chi connectivity index (χ0n) is 13.0. The van der Waals surface area contributed by atoms with E-state index in [4.69, 9.17) is 0 Å². The molecule has 0 radical (unpaired) electrons. The minimum atomic E-state index is -0.466. The highest BCUT2D eigenvalue weighted by Gasteiger charge is 2.32. The normalized spacial score (nSPS) is 18.6. The second-order valence-electron chi connectivity index (χ2n) is 5.25. The number of nitro benzene ring substituents is 1. The van der Waals surface area contributed by atoms with Crippen molar-refractivity contribution in [1.82, 2.24) is 5.32 Å². The van der Waals surface area contributed by atoms with Crippen LogP contribution in [0, 0.1) is 10.1 Å². The van der Waals surface area contributed by atoms with E-state index >= 15 is 0 Å². The fourth-order valence-electron chi connectivity index (χ4n) is 2.33. The number of para-hydroxylation sites is 1. The first-order chi connectivity index (χ1) is 12.1. The van der Waals surface area contributed by atoms with Gasteiger partial charge in [0.2, 0.25) is 5.91 Å². The van der Waals surface area contributed by atoms with E-state index in [-0.39, 0.29) is 18.0 Å². The third-order valence-corrected chi connectivity index (χ3v) is 4.60. The van der Waals surface area contributed by atoms with E-state index in [1.807, 2.05) is 30.3 Å². The van der Waals surface area contributed by atoms with Crippen molar-refractivity contribution in [2.24, 2.45) is 10.2 Å². The second-order valence-corrected chi connectivity index (χ2v) is 6.44. The Hall–Kier alpha value is -3.00. The van der Waals surface area contributed by atoms with Gasteiger partial charge in [0.05, 0.1) is 16.4 Å². The van der Waals surface area contributed by atoms with Crippen LogP contribution in [0.25, 0.3) is 0 Å². The molecule has 8 heteroatoms. The van der Waals surface area contributed by atoms with Crippen LogP contribution in [0.15, 0.2) is 64.8 Å². The molecule has 0 unspecified atom stereocenters. The largest absolute Gasteiger partial charge is 0.303 e. The Morgan fingerprint density at radius 2 is 1.88 bits per heavy atom. The molecule has 1 heterocycles. The zero-order valence-corrected chi connectivity index (χ0v) is 13.8. The smallest absolute Gasteiger partial charge is 0.272 e. The number of carbonyl (C=O) groups excluding carboxylic acids is 1. The highest BCUT2D eigenvalue weighted by atomic mass is 32.2. The maximum absolute atomic E-state index is 12.1. The van der Waals surface area contributed by atoms with Crippen molar-refractivity contribution >= 4 is 34.7 Å². The monoisotopic (exact) mass is 354 g/mol. The predicted octanol–water partition coefficient (Wildman–Crippen LogP) is 2.76. The summed E-state index contributed by atoms with van der Waals surface area (Å²) >= 11 is 1.22. The molecule has 2 aromatic carbocycles. The summed E-state index contributed by atoms with van der Waals surface area (Å²) in [6.45, 7) is 0. The Morgan fingerprint density at radius 3 is 2.64 bits per heavy atom. The fourth-order valence-corrected chi connectivity index (χ4v) is 3.29. The van der Waals surface area contributed by atoms with Gasteiger partial charge in [-0.3, -0.25) is 14.9 Å². The molecule has 0 bridgehead atoms. The average molecular weight is 354 g/mol. The van der Waals surface area contributed by atoms with Gasteiger partial charge in [0.15, 0.2) is 5.17 Å². The highest BCUT2D eigenvalue weighted by molar-refractivity contribution is 8.15. The maximum atomic E-state index is 12.1. The van der Waals surface area contributed by atoms with Crippen molar-refractivity contribution in [3.8, 4) is 0 Å². The highest BCUT2D eigenvalue weighted by Crippen LogP contribution is 2.27. The SMILES string of the molecule is O=C1N/C(=N/N=C/c2ccccc2)S[C@H]1Cc1ccccc1[N+](=O)[O-]. The molecular weight excluding hydrogens is 340 g/mol. The Labute approximate surface area is 148 Å². The molecule has 1 fully saturated rings. The van der Waals surface area contributed by atoms with E-state index in [1.165, 1.54) is 17.8 Å². The van der Waals surface area contributed by atoms with Crippen molar-refractivity contribution in [3.63, 3.8) is 0 Å². The molecule has 1 N–H and O–H groups in total. The molecule has 1 atom stereocenters. The third kappa shape index (κ3) is 4.30. The molecule has 0 aromatic heterocycles. The molecule has 3 rings (SSSR count). The average Bonchev–Trinajstić information content (AvgIpc) is 2.96. The summed E-state index contributed by atoms with van der Waals surface area (Å²) in [4.78, 5) is 22.7. The summed E-state index contributed by atoms with van der Waals surface area (Å²) in [5, 5.41) is 21.6. The van der Waals surface area contributed by atoms with Gasteiger partial charge in [0.1, 0.15) is 0 Å². The lowest BCUT2D eigenvalue weighted by atomic mass is 10.1. The summed E-state index contributed by atoms with van der Waals surface area (Å²) in [6.07, 6.45) is 1.85. The van der Waals surface area contributed by atoms with Crippen LogP contribution in [-0.2, 0) is 11.2 Å². The number of thioether (sulfide) groups is 1. The van der Waals surface area contributed by atoms with E-state index in [0.29, 0.717) is 10.7 Å². The second kappa shape index (κ2) is 7.71. The van der Waals surface area contributed by atoms with E-state index in [2.05, 4.69) is 15.5 Å². The number of rotatable bonds is 5. The van der Waals surface area contributed by atoms with Gasteiger partial charge in [-0.2, -0.15) is 5.10 Å². The lowest BCUT2D eigenvalue weighted by molar-refractivity contribution is -0.385. The van der Waals surface area contributed by atoms with Crippen LogP contribution in [0.2, 0.25) is 0 Å². The quantitative estimate of drug-likeness (QED) is 0.507. The molecule has 126 valence electrons. The van der Waals surface area contributed by atoms with Gasteiger partial charge in [-0.15, -0.1) is 5.10 Å². The van der Waals surface area contributed by atoms with Gasteiger partial charge in [-0.05, 0) is 5.56 Å². The van der Waals surface area contributed by atoms with E-state index < -0.39 is 10.2 Å². The molecule has 0 spiro atoms. The number of amidine groups is 1. The first-order valence-corrected chi connectivity index (χ1v) is 8.37. The van der Waals surface area contributed by atoms with Gasteiger partial charge >= 0.3 is 0 Å². The van der Waals surface area contributed by atoms with E-state index in [0.717, 1.165) is 5.56 Å². The van der Waals surface area contributed by atoms with Crippen LogP contribution in [-0.4, -0.2) is 27.5 Å². The van der Waals surface area contributed by atoms with E-state index in [9.17, 15) is 14.9 Å². The maximum Gasteiger partial charge on any atom is 0.272 e. The van der Waals surface area contributed by atoms with Gasteiger partial charge in [0, 0.05) is 18.1 Å². The summed E-state index contributed by atoms with van der Waals surface area (Å²) < 4.78 is 0. The molecular formula is C17H14N4O3S. The van der Waals surface area contributed by atoms with Crippen LogP contribution >= 0.6 is 11.8 Å². The third-order valence-electron chi connectivity index (χ3n) is 3.53. The van der Waals surface area contributed by atoms with Crippen LogP contribution < -0.4 is 5.32 Å². The van der Waals surface area contributed by atoms with Crippen molar-refractivity contribution in [1.29, 1.82) is 0 Å². The van der Waals surface area contributed by atoms with Gasteiger partial charge in [0.25, 0.3) is 5.69 Å². The molecule has 1 aliphatic rings. The molecule has 0 aliphatic carbocycles. The first kappa shape index (κ1) is 16.8. The Bertz CT molecular complexity index is 852. The van der Waals surface area contributed by atoms with Gasteiger partial charge in [-0.25, -0.2) is 0 Å². The summed E-state index contributed by atoms with van der Waals surface area (Å²) in [7, 11) is 0. The minimum absolute atomic E-state index is 0.0170. The molecule has 0 saturated carbocycles. The van der Waals surface area contributed by atoms with Crippen LogP contribution in [0.4, 0.5) is 5.69 Å². The number of nitrogens with one attached hydrogen (secondary N) is 1. The van der Waals surface area contributed by atoms with Crippen LogP contribution in [0.3, 0.4) is 0 Å². The predicted molar refractivity (Wildman–Crippen MR) is 97.8 cm³/mol. The van der Waals surface area contributed by atoms with Crippen LogP contribution in [0.1, 0.15) is 11.1 Å². The Balaban J connectivity index is 1.68. The lowest BCUT2D eigenvalue weighted by Gasteiger charge is -2.05. The van der Waals surface area contributed by atoms with Gasteiger partial charge in [-0.1, -0.05) is 60.3 Å². The molecule has 25 heavy (non-hydrogen) atoms. The van der Waals surface area contributed by atoms with Crippen molar-refractivity contribution < 1.29 is 9.72 Å². The summed E-state index contributed by atoms with van der Waals surface area (Å²) in [5.74, 6) is -0.225. The number of carbonyl (C=O) groups is 1. The number of amides is 1. The fraction of sp³-hybridized carbons (Fsp3) is 0.118. The van der Waals surface area contributed by atoms with Gasteiger partial charge < -0.3 is 5.32 Å². The standard InChI is InChI=1S/C17H14N4O3S/c22-16-15(10-13-8-4-5-9-14(13)21(23)24)25-17(19-16)20-18-11-12-6-2-1-3-7-12/h1-9,11,15H,10H2,(H,19,20,22)/b18-11+/t15-/m0/s1. The molecule has 1 saturated heterocycles. The molecule has 1 amide bonds. The van der Waals surface area contributed by atoms with Crippen LogP contribution in [0.5, 0.6) is 0 Å². The van der Waals surface area contributed by atoms with E-state index in [1.54, 1.807) is 24.4 Å². The topological polar surface area (TPSA) is 97.0 Å². The van der Waals surface area contributed by atoms with Crippen molar-refractivity contribution in [3.05, 3.63) is 75.8 Å². The van der Waals surface area contributed by atoms with Crippen molar-refractivity contribution in [2.45, 2.75) is 11.7 Å². The molecule has 2 aromatic rings. The van der Waals surface area contributed by atoms with Crippen molar-refractivity contribution in [2.75, 3.05) is 0 Å². The zero-order chi connectivity index (χ0) is 17.6. The number of nitro groups is 1. The Kier molecular flexibility index (Phi) is 5.20. The minimum Gasteiger partial charge on any atom is -0.303 e. The number of benzene rings is 2.